The summed E-state index contributed by atoms with van der Waals surface area (Å²) in [5.74, 6) is 0. The molecule has 10 aromatic rings. The minimum absolute atomic E-state index is 1.14. The number of unbranched alkanes of at least 4 members (excludes halogenated alkanes) is 1. The highest BCUT2D eigenvalue weighted by Gasteiger charge is 2.21. The smallest absolute Gasteiger partial charge is 0.0641 e. The number of para-hydroxylation sites is 3. The summed E-state index contributed by atoms with van der Waals surface area (Å²) < 4.78 is 7.64. The third kappa shape index (κ3) is 4.32. The van der Waals surface area contributed by atoms with Gasteiger partial charge >= 0.3 is 0 Å². The molecule has 0 N–H and O–H groups in total. The van der Waals surface area contributed by atoms with Crippen molar-refractivity contribution in [3.8, 4) is 22.5 Å². The van der Waals surface area contributed by atoms with Crippen LogP contribution in [0.25, 0.3) is 86.3 Å². The van der Waals surface area contributed by atoms with Crippen molar-refractivity contribution in [2.75, 3.05) is 0 Å². The molecule has 0 saturated carbocycles. The first-order valence-corrected chi connectivity index (χ1v) is 18.2. The van der Waals surface area contributed by atoms with E-state index in [9.17, 15) is 0 Å². The van der Waals surface area contributed by atoms with Gasteiger partial charge in [-0.15, -0.1) is 11.3 Å². The molecule has 0 unspecified atom stereocenters. The number of aryl methyl sites for hydroxylation is 1. The predicted molar refractivity (Wildman–Crippen MR) is 212 cm³/mol. The van der Waals surface area contributed by atoms with Crippen molar-refractivity contribution in [3.63, 3.8) is 0 Å². The Morgan fingerprint density at radius 1 is 0.510 bits per heavy atom. The lowest BCUT2D eigenvalue weighted by molar-refractivity contribution is 0.796. The second kappa shape index (κ2) is 11.2. The average molecular weight is 647 g/mol. The Morgan fingerprint density at radius 3 is 2.10 bits per heavy atom. The lowest BCUT2D eigenvalue weighted by Crippen LogP contribution is -1.96. The number of thiophene rings is 1. The van der Waals surface area contributed by atoms with Crippen LogP contribution in [0, 0.1) is 0 Å². The SMILES string of the molecule is CCCCc1ccc2sc3c(-c4cccc(-n5c6ccccc6c6ccc7c(c8ccccc8n7-c7ccccc7)c65)c4)cccc3c2c1. The highest BCUT2D eigenvalue weighted by atomic mass is 32.1. The van der Waals surface area contributed by atoms with Crippen molar-refractivity contribution >= 4 is 75.1 Å². The topological polar surface area (TPSA) is 9.86 Å². The molecule has 0 aliphatic carbocycles. The minimum atomic E-state index is 1.14. The third-order valence-corrected chi connectivity index (χ3v) is 11.5. The zero-order valence-corrected chi connectivity index (χ0v) is 28.2. The van der Waals surface area contributed by atoms with Crippen molar-refractivity contribution in [2.45, 2.75) is 26.2 Å². The molecule has 0 fully saturated rings. The van der Waals surface area contributed by atoms with Crippen molar-refractivity contribution in [1.29, 1.82) is 0 Å². The zero-order chi connectivity index (χ0) is 32.5. The van der Waals surface area contributed by atoms with E-state index < -0.39 is 0 Å². The molecule has 3 heterocycles. The number of benzene rings is 7. The van der Waals surface area contributed by atoms with Crippen LogP contribution in [0.3, 0.4) is 0 Å². The summed E-state index contributed by atoms with van der Waals surface area (Å²) in [6, 6.07) is 56.2. The Kier molecular flexibility index (Phi) is 6.50. The molecule has 3 heteroatoms. The first-order valence-electron chi connectivity index (χ1n) is 17.3. The van der Waals surface area contributed by atoms with Crippen LogP contribution in [0.1, 0.15) is 25.3 Å². The largest absolute Gasteiger partial charge is 0.309 e. The van der Waals surface area contributed by atoms with E-state index in [0.29, 0.717) is 0 Å². The van der Waals surface area contributed by atoms with E-state index in [2.05, 4.69) is 168 Å². The predicted octanol–water partition coefficient (Wildman–Crippen LogP) is 13.3. The van der Waals surface area contributed by atoms with Crippen LogP contribution in [0.5, 0.6) is 0 Å². The van der Waals surface area contributed by atoms with E-state index in [4.69, 9.17) is 0 Å². The third-order valence-electron chi connectivity index (χ3n) is 10.3. The number of hydrogen-bond donors (Lipinski definition) is 0. The molecule has 0 aliphatic heterocycles. The molecule has 0 saturated heterocycles. The van der Waals surface area contributed by atoms with Crippen LogP contribution >= 0.6 is 11.3 Å². The molecule has 49 heavy (non-hydrogen) atoms. The summed E-state index contributed by atoms with van der Waals surface area (Å²) in [6.45, 7) is 2.27. The van der Waals surface area contributed by atoms with Gasteiger partial charge in [0.1, 0.15) is 0 Å². The van der Waals surface area contributed by atoms with Crippen LogP contribution in [-0.4, -0.2) is 9.13 Å². The quantitative estimate of drug-likeness (QED) is 0.170. The molecule has 0 aliphatic rings. The molecule has 7 aromatic carbocycles. The molecule has 0 spiro atoms. The number of aromatic nitrogens is 2. The van der Waals surface area contributed by atoms with E-state index in [-0.39, 0.29) is 0 Å². The highest BCUT2D eigenvalue weighted by Crippen LogP contribution is 2.44. The van der Waals surface area contributed by atoms with E-state index >= 15 is 0 Å². The van der Waals surface area contributed by atoms with Gasteiger partial charge in [0, 0.05) is 53.1 Å². The normalized spacial score (nSPS) is 12.0. The molecular formula is C46H34N2S. The standard InChI is InChI=1S/C46H34N2S/c1-2-3-13-30-24-27-43-39(28-30)37-21-12-20-34(46(37)49-43)31-14-11-17-33(29-31)48-40-22-9-7-18-35(40)36-25-26-42-44(45(36)48)38-19-8-10-23-41(38)47(42)32-15-5-4-6-16-32/h4-12,14-29H,2-3,13H2,1H3. The number of hydrogen-bond acceptors (Lipinski definition) is 1. The Labute approximate surface area is 289 Å². The Morgan fingerprint density at radius 2 is 1.24 bits per heavy atom. The van der Waals surface area contributed by atoms with Crippen LogP contribution < -0.4 is 0 Å². The average Bonchev–Trinajstić information content (AvgIpc) is 3.82. The maximum absolute atomic E-state index is 2.50. The highest BCUT2D eigenvalue weighted by molar-refractivity contribution is 7.26. The van der Waals surface area contributed by atoms with Crippen LogP contribution in [-0.2, 0) is 6.42 Å². The van der Waals surface area contributed by atoms with Gasteiger partial charge in [-0.2, -0.15) is 0 Å². The summed E-state index contributed by atoms with van der Waals surface area (Å²) >= 11 is 1.92. The number of nitrogens with zero attached hydrogens (tertiary/aromatic N) is 2. The summed E-state index contributed by atoms with van der Waals surface area (Å²) in [4.78, 5) is 0. The molecule has 10 rings (SSSR count). The van der Waals surface area contributed by atoms with Gasteiger partial charge in [0.15, 0.2) is 0 Å². The van der Waals surface area contributed by atoms with Crippen LogP contribution in [0.2, 0.25) is 0 Å². The fourth-order valence-electron chi connectivity index (χ4n) is 8.05. The maximum Gasteiger partial charge on any atom is 0.0641 e. The van der Waals surface area contributed by atoms with Gasteiger partial charge in [-0.05, 0) is 84.1 Å². The molecule has 0 bridgehead atoms. The molecule has 0 amide bonds. The Hall–Kier alpha value is -5.64. The summed E-state index contributed by atoms with van der Waals surface area (Å²) in [6.07, 6.45) is 3.59. The van der Waals surface area contributed by atoms with E-state index in [1.54, 1.807) is 0 Å². The number of fused-ring (bicyclic) bond motifs is 10. The maximum atomic E-state index is 2.50. The molecule has 0 radical (unpaired) electrons. The van der Waals surface area contributed by atoms with Gasteiger partial charge in [-0.1, -0.05) is 110 Å². The molecular weight excluding hydrogens is 613 g/mol. The summed E-state index contributed by atoms with van der Waals surface area (Å²) in [7, 11) is 0. The first kappa shape index (κ1) is 28.4. The second-order valence-corrected chi connectivity index (χ2v) is 14.2. The van der Waals surface area contributed by atoms with Crippen molar-refractivity contribution in [1.82, 2.24) is 9.13 Å². The van der Waals surface area contributed by atoms with Gasteiger partial charge in [0.05, 0.1) is 22.1 Å². The lowest BCUT2D eigenvalue weighted by Gasteiger charge is -2.12. The van der Waals surface area contributed by atoms with Gasteiger partial charge in [-0.3, -0.25) is 0 Å². The van der Waals surface area contributed by atoms with Gasteiger partial charge in [-0.25, -0.2) is 0 Å². The molecule has 2 nitrogen and oxygen atoms in total. The minimum Gasteiger partial charge on any atom is -0.309 e. The Bertz CT molecular complexity index is 2870. The van der Waals surface area contributed by atoms with Crippen molar-refractivity contribution < 1.29 is 0 Å². The van der Waals surface area contributed by atoms with Gasteiger partial charge in [0.2, 0.25) is 0 Å². The van der Waals surface area contributed by atoms with Crippen LogP contribution in [0.15, 0.2) is 152 Å². The molecule has 234 valence electrons. The van der Waals surface area contributed by atoms with E-state index in [1.807, 2.05) is 11.3 Å². The monoisotopic (exact) mass is 646 g/mol. The summed E-state index contributed by atoms with van der Waals surface area (Å²) in [5, 5.41) is 7.83. The fourth-order valence-corrected chi connectivity index (χ4v) is 9.27. The zero-order valence-electron chi connectivity index (χ0n) is 27.4. The molecule has 3 aromatic heterocycles. The second-order valence-electron chi connectivity index (χ2n) is 13.2. The van der Waals surface area contributed by atoms with Crippen LogP contribution in [0.4, 0.5) is 0 Å². The Balaban J connectivity index is 1.24. The van der Waals surface area contributed by atoms with Gasteiger partial charge < -0.3 is 9.13 Å². The van der Waals surface area contributed by atoms with Gasteiger partial charge in [0.25, 0.3) is 0 Å². The van der Waals surface area contributed by atoms with Crippen molar-refractivity contribution in [3.05, 3.63) is 157 Å². The van der Waals surface area contributed by atoms with E-state index in [1.165, 1.54) is 105 Å². The fraction of sp³-hybridized carbons (Fsp3) is 0.0870. The van der Waals surface area contributed by atoms with Crippen molar-refractivity contribution in [2.24, 2.45) is 0 Å². The van der Waals surface area contributed by atoms with E-state index in [0.717, 1.165) is 6.42 Å². The number of rotatable bonds is 6. The molecule has 0 atom stereocenters. The summed E-state index contributed by atoms with van der Waals surface area (Å²) in [5.41, 5.74) is 11.2. The first-order chi connectivity index (χ1) is 24.3. The lowest BCUT2D eigenvalue weighted by atomic mass is 10.0.